The first kappa shape index (κ1) is 14.8. The van der Waals surface area contributed by atoms with Gasteiger partial charge in [-0.15, -0.1) is 11.8 Å². The van der Waals surface area contributed by atoms with Crippen LogP contribution < -0.4 is 4.74 Å². The van der Waals surface area contributed by atoms with Crippen LogP contribution in [0.5, 0.6) is 5.75 Å². The summed E-state index contributed by atoms with van der Waals surface area (Å²) in [6, 6.07) is 3.82. The van der Waals surface area contributed by atoms with Gasteiger partial charge in [0.05, 0.1) is 6.61 Å². The van der Waals surface area contributed by atoms with Gasteiger partial charge in [0.1, 0.15) is 5.75 Å². The molecule has 19 heavy (non-hydrogen) atoms. The van der Waals surface area contributed by atoms with Gasteiger partial charge in [0.15, 0.2) is 0 Å². The second kappa shape index (κ2) is 7.27. The van der Waals surface area contributed by atoms with Crippen molar-refractivity contribution in [2.75, 3.05) is 6.61 Å². The van der Waals surface area contributed by atoms with E-state index in [1.165, 1.54) is 0 Å². The van der Waals surface area contributed by atoms with E-state index in [2.05, 4.69) is 11.8 Å². The van der Waals surface area contributed by atoms with Crippen LogP contribution >= 0.6 is 0 Å². The van der Waals surface area contributed by atoms with Gasteiger partial charge in [0.2, 0.25) is 0 Å². The molecule has 0 atom stereocenters. The Hall–Kier alpha value is -2.21. The fourth-order valence-electron chi connectivity index (χ4n) is 1.80. The van der Waals surface area contributed by atoms with Crippen LogP contribution in [0.1, 0.15) is 30.0 Å². The minimum atomic E-state index is -0.950. The van der Waals surface area contributed by atoms with E-state index in [0.29, 0.717) is 13.0 Å². The zero-order valence-corrected chi connectivity index (χ0v) is 11.5. The number of hydrogen-bond acceptors (Lipinski definition) is 2. The molecule has 3 heteroatoms. The first-order chi connectivity index (χ1) is 9.04. The number of carboxylic acid groups (broad SMARTS) is 1. The lowest BCUT2D eigenvalue weighted by Gasteiger charge is -2.12. The molecule has 0 aliphatic carbocycles. The van der Waals surface area contributed by atoms with Crippen molar-refractivity contribution >= 4 is 12.0 Å². The Morgan fingerprint density at radius 1 is 1.37 bits per heavy atom. The van der Waals surface area contributed by atoms with Gasteiger partial charge in [-0.3, -0.25) is 0 Å². The fourth-order valence-corrected chi connectivity index (χ4v) is 1.80. The predicted molar refractivity (Wildman–Crippen MR) is 76.1 cm³/mol. The van der Waals surface area contributed by atoms with E-state index in [0.717, 1.165) is 28.5 Å². The molecule has 0 spiro atoms. The highest BCUT2D eigenvalue weighted by molar-refractivity contribution is 5.85. The molecule has 100 valence electrons. The van der Waals surface area contributed by atoms with Gasteiger partial charge in [0, 0.05) is 12.5 Å². The monoisotopic (exact) mass is 258 g/mol. The van der Waals surface area contributed by atoms with E-state index < -0.39 is 5.97 Å². The van der Waals surface area contributed by atoms with Gasteiger partial charge in [0.25, 0.3) is 0 Å². The molecule has 1 rings (SSSR count). The summed E-state index contributed by atoms with van der Waals surface area (Å²) in [5, 5.41) is 8.61. The number of hydrogen-bond donors (Lipinski definition) is 1. The standard InChI is InChI=1S/C16H18O3/c1-4-5-6-9-19-16-12(2)10-14(11-13(16)3)7-8-15(17)18/h7-8,10-11H,6,9H2,1-3H3,(H,17,18)/b8-7+. The minimum absolute atomic E-state index is 0.562. The Balaban J connectivity index is 2.84. The van der Waals surface area contributed by atoms with Crippen LogP contribution in [0.2, 0.25) is 0 Å². The number of carboxylic acids is 1. The third kappa shape index (κ3) is 4.89. The second-order valence-corrected chi connectivity index (χ2v) is 4.18. The van der Waals surface area contributed by atoms with Gasteiger partial charge < -0.3 is 9.84 Å². The molecule has 0 unspecified atom stereocenters. The van der Waals surface area contributed by atoms with E-state index in [1.807, 2.05) is 26.0 Å². The smallest absolute Gasteiger partial charge is 0.328 e. The molecule has 0 saturated carbocycles. The molecule has 0 aliphatic rings. The molecule has 0 radical (unpaired) electrons. The summed E-state index contributed by atoms with van der Waals surface area (Å²) in [6.07, 6.45) is 3.41. The van der Waals surface area contributed by atoms with E-state index in [4.69, 9.17) is 9.84 Å². The van der Waals surface area contributed by atoms with Crippen molar-refractivity contribution < 1.29 is 14.6 Å². The molecule has 0 bridgehead atoms. The van der Waals surface area contributed by atoms with Crippen molar-refractivity contribution in [1.29, 1.82) is 0 Å². The summed E-state index contributed by atoms with van der Waals surface area (Å²) in [5.41, 5.74) is 2.85. The Kier molecular flexibility index (Phi) is 5.69. The topological polar surface area (TPSA) is 46.5 Å². The van der Waals surface area contributed by atoms with Crippen molar-refractivity contribution in [2.24, 2.45) is 0 Å². The Morgan fingerprint density at radius 3 is 2.53 bits per heavy atom. The van der Waals surface area contributed by atoms with E-state index >= 15 is 0 Å². The molecular formula is C16H18O3. The molecule has 1 aromatic carbocycles. The van der Waals surface area contributed by atoms with Crippen LogP contribution in [0.15, 0.2) is 18.2 Å². The summed E-state index contributed by atoms with van der Waals surface area (Å²) in [7, 11) is 0. The number of aliphatic carboxylic acids is 1. The summed E-state index contributed by atoms with van der Waals surface area (Å²) in [5.74, 6) is 5.68. The van der Waals surface area contributed by atoms with Crippen LogP contribution in [0, 0.1) is 25.7 Å². The van der Waals surface area contributed by atoms with Crippen molar-refractivity contribution in [1.82, 2.24) is 0 Å². The van der Waals surface area contributed by atoms with Crippen LogP contribution in [-0.4, -0.2) is 17.7 Å². The SMILES string of the molecule is CC#CCCOc1c(C)cc(/C=C/C(=O)O)cc1C. The van der Waals surface area contributed by atoms with Crippen molar-refractivity contribution in [3.05, 3.63) is 34.9 Å². The Bertz CT molecular complexity index is 522. The molecule has 1 aromatic rings. The molecule has 0 aliphatic heterocycles. The number of rotatable bonds is 5. The van der Waals surface area contributed by atoms with Gasteiger partial charge in [-0.1, -0.05) is 0 Å². The van der Waals surface area contributed by atoms with Gasteiger partial charge in [-0.25, -0.2) is 4.79 Å². The van der Waals surface area contributed by atoms with E-state index in [1.54, 1.807) is 13.0 Å². The van der Waals surface area contributed by atoms with Gasteiger partial charge in [-0.05, 0) is 55.7 Å². The zero-order valence-electron chi connectivity index (χ0n) is 11.5. The maximum Gasteiger partial charge on any atom is 0.328 e. The summed E-state index contributed by atoms with van der Waals surface area (Å²) in [6.45, 7) is 6.27. The molecule has 1 N–H and O–H groups in total. The fraction of sp³-hybridized carbons (Fsp3) is 0.312. The molecule has 0 amide bonds. The Morgan fingerprint density at radius 2 is 2.00 bits per heavy atom. The molecule has 0 aromatic heterocycles. The largest absolute Gasteiger partial charge is 0.492 e. The lowest BCUT2D eigenvalue weighted by Crippen LogP contribution is -2.00. The lowest BCUT2D eigenvalue weighted by molar-refractivity contribution is -0.131. The van der Waals surface area contributed by atoms with Crippen LogP contribution in [0.25, 0.3) is 6.08 Å². The number of carbonyl (C=O) groups is 1. The zero-order chi connectivity index (χ0) is 14.3. The van der Waals surface area contributed by atoms with Crippen LogP contribution in [0.4, 0.5) is 0 Å². The third-order valence-corrected chi connectivity index (χ3v) is 2.55. The maximum atomic E-state index is 10.5. The second-order valence-electron chi connectivity index (χ2n) is 4.18. The first-order valence-corrected chi connectivity index (χ1v) is 6.09. The third-order valence-electron chi connectivity index (χ3n) is 2.55. The minimum Gasteiger partial charge on any atom is -0.492 e. The highest BCUT2D eigenvalue weighted by Gasteiger charge is 2.05. The average molecular weight is 258 g/mol. The van der Waals surface area contributed by atoms with E-state index in [-0.39, 0.29) is 0 Å². The molecule has 0 fully saturated rings. The van der Waals surface area contributed by atoms with E-state index in [9.17, 15) is 4.79 Å². The van der Waals surface area contributed by atoms with Crippen LogP contribution in [0.3, 0.4) is 0 Å². The molecule has 0 heterocycles. The number of ether oxygens (including phenoxy) is 1. The lowest BCUT2D eigenvalue weighted by atomic mass is 10.1. The van der Waals surface area contributed by atoms with Crippen molar-refractivity contribution in [3.63, 3.8) is 0 Å². The highest BCUT2D eigenvalue weighted by atomic mass is 16.5. The van der Waals surface area contributed by atoms with Gasteiger partial charge >= 0.3 is 5.97 Å². The summed E-state index contributed by atoms with van der Waals surface area (Å²) >= 11 is 0. The highest BCUT2D eigenvalue weighted by Crippen LogP contribution is 2.25. The van der Waals surface area contributed by atoms with Crippen molar-refractivity contribution in [2.45, 2.75) is 27.2 Å². The normalized spacial score (nSPS) is 10.1. The number of benzene rings is 1. The summed E-state index contributed by atoms with van der Waals surface area (Å²) in [4.78, 5) is 10.5. The maximum absolute atomic E-state index is 10.5. The average Bonchev–Trinajstić information content (AvgIpc) is 2.34. The predicted octanol–water partition coefficient (Wildman–Crippen LogP) is 3.19. The Labute approximate surface area is 113 Å². The van der Waals surface area contributed by atoms with Crippen LogP contribution in [-0.2, 0) is 4.79 Å². The molecule has 3 nitrogen and oxygen atoms in total. The van der Waals surface area contributed by atoms with Crippen molar-refractivity contribution in [3.8, 4) is 17.6 Å². The van der Waals surface area contributed by atoms with Gasteiger partial charge in [-0.2, -0.15) is 0 Å². The first-order valence-electron chi connectivity index (χ1n) is 6.09. The molecule has 0 saturated heterocycles. The number of aryl methyl sites for hydroxylation is 2. The summed E-state index contributed by atoms with van der Waals surface area (Å²) < 4.78 is 5.71. The molecular weight excluding hydrogens is 240 g/mol. The quantitative estimate of drug-likeness (QED) is 0.501.